The van der Waals surface area contributed by atoms with Gasteiger partial charge in [0.2, 0.25) is 0 Å². The van der Waals surface area contributed by atoms with Crippen LogP contribution in [0.2, 0.25) is 0 Å². The van der Waals surface area contributed by atoms with E-state index in [9.17, 15) is 4.79 Å². The third-order valence-electron chi connectivity index (χ3n) is 1.48. The predicted molar refractivity (Wildman–Crippen MR) is 53.2 cm³/mol. The summed E-state index contributed by atoms with van der Waals surface area (Å²) in [5.41, 5.74) is 0. The Morgan fingerprint density at radius 2 is 2.07 bits per heavy atom. The second kappa shape index (κ2) is 5.80. The number of hydrogen-bond donors (Lipinski definition) is 0. The van der Waals surface area contributed by atoms with Crippen molar-refractivity contribution in [1.29, 1.82) is 0 Å². The lowest BCUT2D eigenvalue weighted by Crippen LogP contribution is -2.10. The van der Waals surface area contributed by atoms with E-state index in [4.69, 9.17) is 9.47 Å². The molecule has 14 heavy (non-hydrogen) atoms. The van der Waals surface area contributed by atoms with Crippen LogP contribution in [-0.2, 0) is 4.74 Å². The Morgan fingerprint density at radius 1 is 1.36 bits per heavy atom. The highest BCUT2D eigenvalue weighted by Gasteiger charge is 2.02. The SMILES string of the molecule is CC=CCOC(=O)Oc1ccccc1. The summed E-state index contributed by atoms with van der Waals surface area (Å²) >= 11 is 0. The molecule has 0 saturated carbocycles. The van der Waals surface area contributed by atoms with E-state index >= 15 is 0 Å². The quantitative estimate of drug-likeness (QED) is 0.419. The number of carbonyl (C=O) groups excluding carboxylic acids is 1. The molecule has 0 bridgehead atoms. The number of para-hydroxylation sites is 1. The molecule has 0 radical (unpaired) electrons. The van der Waals surface area contributed by atoms with Crippen molar-refractivity contribution in [1.82, 2.24) is 0 Å². The molecule has 1 rings (SSSR count). The van der Waals surface area contributed by atoms with Gasteiger partial charge in [-0.2, -0.15) is 0 Å². The van der Waals surface area contributed by atoms with Gasteiger partial charge in [-0.05, 0) is 19.1 Å². The molecule has 1 aromatic rings. The standard InChI is InChI=1S/C11H12O3/c1-2-3-9-13-11(12)14-10-7-5-4-6-8-10/h2-8H,9H2,1H3. The summed E-state index contributed by atoms with van der Waals surface area (Å²) in [6, 6.07) is 8.80. The highest BCUT2D eigenvalue weighted by Crippen LogP contribution is 2.08. The number of ether oxygens (including phenoxy) is 2. The van der Waals surface area contributed by atoms with E-state index in [0.29, 0.717) is 5.75 Å². The molecule has 0 aliphatic rings. The second-order valence-corrected chi connectivity index (χ2v) is 2.55. The van der Waals surface area contributed by atoms with Gasteiger partial charge in [0.25, 0.3) is 0 Å². The Morgan fingerprint density at radius 3 is 2.71 bits per heavy atom. The maximum Gasteiger partial charge on any atom is 0.514 e. The van der Waals surface area contributed by atoms with E-state index in [0.717, 1.165) is 0 Å². The van der Waals surface area contributed by atoms with Crippen LogP contribution < -0.4 is 4.74 Å². The molecule has 3 nitrogen and oxygen atoms in total. The summed E-state index contributed by atoms with van der Waals surface area (Å²) in [4.78, 5) is 11.0. The smallest absolute Gasteiger partial charge is 0.430 e. The van der Waals surface area contributed by atoms with E-state index in [1.165, 1.54) is 0 Å². The minimum Gasteiger partial charge on any atom is -0.430 e. The van der Waals surface area contributed by atoms with E-state index in [1.807, 2.05) is 13.0 Å². The largest absolute Gasteiger partial charge is 0.514 e. The molecule has 1 aromatic carbocycles. The zero-order valence-corrected chi connectivity index (χ0v) is 7.97. The molecule has 0 heterocycles. The highest BCUT2D eigenvalue weighted by atomic mass is 16.7. The number of allylic oxidation sites excluding steroid dienone is 1. The molecule has 0 spiro atoms. The third-order valence-corrected chi connectivity index (χ3v) is 1.48. The minimum absolute atomic E-state index is 0.238. The summed E-state index contributed by atoms with van der Waals surface area (Å²) in [5, 5.41) is 0. The predicted octanol–water partition coefficient (Wildman–Crippen LogP) is 2.78. The maximum absolute atomic E-state index is 11.0. The molecule has 0 fully saturated rings. The monoisotopic (exact) mass is 192 g/mol. The summed E-state index contributed by atoms with van der Waals surface area (Å²) in [6.45, 7) is 2.09. The molecule has 0 saturated heterocycles. The van der Waals surface area contributed by atoms with Crippen LogP contribution in [0.1, 0.15) is 6.92 Å². The Hall–Kier alpha value is -1.77. The fraction of sp³-hybridized carbons (Fsp3) is 0.182. The first-order chi connectivity index (χ1) is 6.83. The van der Waals surface area contributed by atoms with Gasteiger partial charge in [0.1, 0.15) is 12.4 Å². The van der Waals surface area contributed by atoms with Crippen molar-refractivity contribution in [3.05, 3.63) is 42.5 Å². The van der Waals surface area contributed by atoms with Crippen LogP contribution in [0.3, 0.4) is 0 Å². The first-order valence-electron chi connectivity index (χ1n) is 4.33. The lowest BCUT2D eigenvalue weighted by molar-refractivity contribution is 0.109. The van der Waals surface area contributed by atoms with Gasteiger partial charge in [-0.3, -0.25) is 0 Å². The van der Waals surface area contributed by atoms with Gasteiger partial charge in [0.05, 0.1) is 0 Å². The van der Waals surface area contributed by atoms with E-state index in [2.05, 4.69) is 0 Å². The topological polar surface area (TPSA) is 35.5 Å². The van der Waals surface area contributed by atoms with Gasteiger partial charge in [0, 0.05) is 0 Å². The van der Waals surface area contributed by atoms with Crippen molar-refractivity contribution >= 4 is 6.16 Å². The van der Waals surface area contributed by atoms with Crippen LogP contribution in [0.5, 0.6) is 5.75 Å². The maximum atomic E-state index is 11.0. The number of hydrogen-bond acceptors (Lipinski definition) is 3. The van der Waals surface area contributed by atoms with Crippen LogP contribution in [0, 0.1) is 0 Å². The number of benzene rings is 1. The molecule has 0 aliphatic heterocycles. The van der Waals surface area contributed by atoms with Crippen LogP contribution in [0.25, 0.3) is 0 Å². The first kappa shape index (κ1) is 10.3. The van der Waals surface area contributed by atoms with Gasteiger partial charge in [-0.15, -0.1) is 0 Å². The lowest BCUT2D eigenvalue weighted by Gasteiger charge is -2.02. The number of carbonyl (C=O) groups is 1. The molecule has 3 heteroatoms. The Labute approximate surface area is 83.0 Å². The average molecular weight is 192 g/mol. The zero-order valence-electron chi connectivity index (χ0n) is 7.97. The van der Waals surface area contributed by atoms with Gasteiger partial charge in [0.15, 0.2) is 0 Å². The van der Waals surface area contributed by atoms with E-state index < -0.39 is 6.16 Å². The molecule has 0 unspecified atom stereocenters. The first-order valence-corrected chi connectivity index (χ1v) is 4.33. The molecule has 0 aromatic heterocycles. The summed E-state index contributed by atoms with van der Waals surface area (Å²) in [7, 11) is 0. The molecule has 0 aliphatic carbocycles. The van der Waals surface area contributed by atoms with Crippen molar-refractivity contribution < 1.29 is 14.3 Å². The number of rotatable bonds is 3. The second-order valence-electron chi connectivity index (χ2n) is 2.55. The zero-order chi connectivity index (χ0) is 10.2. The molecular formula is C11H12O3. The Kier molecular flexibility index (Phi) is 4.27. The molecule has 0 amide bonds. The van der Waals surface area contributed by atoms with Crippen molar-refractivity contribution in [3.8, 4) is 5.75 Å². The van der Waals surface area contributed by atoms with Crippen molar-refractivity contribution in [3.63, 3.8) is 0 Å². The highest BCUT2D eigenvalue weighted by molar-refractivity contribution is 5.63. The van der Waals surface area contributed by atoms with Crippen molar-refractivity contribution in [2.24, 2.45) is 0 Å². The van der Waals surface area contributed by atoms with Crippen LogP contribution >= 0.6 is 0 Å². The van der Waals surface area contributed by atoms with Gasteiger partial charge in [-0.25, -0.2) is 4.79 Å². The molecule has 0 atom stereocenters. The molecule has 74 valence electrons. The summed E-state index contributed by atoms with van der Waals surface area (Å²) < 4.78 is 9.60. The van der Waals surface area contributed by atoms with Gasteiger partial charge < -0.3 is 9.47 Å². The lowest BCUT2D eigenvalue weighted by atomic mass is 10.3. The average Bonchev–Trinajstić information content (AvgIpc) is 2.20. The van der Waals surface area contributed by atoms with Gasteiger partial charge >= 0.3 is 6.16 Å². The van der Waals surface area contributed by atoms with Crippen LogP contribution in [0.4, 0.5) is 4.79 Å². The van der Waals surface area contributed by atoms with Crippen LogP contribution in [-0.4, -0.2) is 12.8 Å². The van der Waals surface area contributed by atoms with E-state index in [-0.39, 0.29) is 6.61 Å². The summed E-state index contributed by atoms with van der Waals surface area (Å²) in [6.07, 6.45) is 2.84. The minimum atomic E-state index is -0.686. The molecular weight excluding hydrogens is 180 g/mol. The van der Waals surface area contributed by atoms with E-state index in [1.54, 1.807) is 36.4 Å². The van der Waals surface area contributed by atoms with Crippen molar-refractivity contribution in [2.75, 3.05) is 6.61 Å². The van der Waals surface area contributed by atoms with Gasteiger partial charge in [-0.1, -0.05) is 30.4 Å². The third kappa shape index (κ3) is 3.76. The fourth-order valence-corrected chi connectivity index (χ4v) is 0.827. The molecule has 0 N–H and O–H groups in total. The summed E-state index contributed by atoms with van der Waals surface area (Å²) in [5.74, 6) is 0.484. The van der Waals surface area contributed by atoms with Crippen LogP contribution in [0.15, 0.2) is 42.5 Å². The Balaban J connectivity index is 2.34. The van der Waals surface area contributed by atoms with Crippen molar-refractivity contribution in [2.45, 2.75) is 6.92 Å². The fourth-order valence-electron chi connectivity index (χ4n) is 0.827. The Bertz CT molecular complexity index is 304. The normalized spacial score (nSPS) is 10.1.